The first-order valence-corrected chi connectivity index (χ1v) is 6.79. The van der Waals surface area contributed by atoms with E-state index in [1.807, 2.05) is 0 Å². The van der Waals surface area contributed by atoms with E-state index < -0.39 is 5.41 Å². The molecular formula is C13H14BrNO2. The molecule has 0 aromatic rings. The molecule has 4 unspecified atom stereocenters. The summed E-state index contributed by atoms with van der Waals surface area (Å²) in [6.07, 6.45) is 3.05. The maximum absolute atomic E-state index is 11.3. The zero-order valence-electron chi connectivity index (χ0n) is 9.87. The zero-order chi connectivity index (χ0) is 12.4. The third-order valence-corrected chi connectivity index (χ3v) is 5.63. The zero-order valence-corrected chi connectivity index (χ0v) is 11.5. The molecule has 4 fully saturated rings. The largest absolute Gasteiger partial charge is 0.366 e. The van der Waals surface area contributed by atoms with Gasteiger partial charge in [0.25, 0.3) is 0 Å². The molecule has 0 amide bonds. The molecule has 2 saturated heterocycles. The number of rotatable bonds is 1. The van der Waals surface area contributed by atoms with Crippen LogP contribution in [0.1, 0.15) is 26.7 Å². The quantitative estimate of drug-likeness (QED) is 0.551. The fourth-order valence-corrected chi connectivity index (χ4v) is 4.99. The predicted molar refractivity (Wildman–Crippen MR) is 65.5 cm³/mol. The van der Waals surface area contributed by atoms with Gasteiger partial charge in [-0.2, -0.15) is 5.26 Å². The minimum atomic E-state index is -0.460. The fraction of sp³-hybridized carbons (Fsp3) is 0.692. The number of carbonyl (C=O) groups is 1. The molecule has 2 aliphatic carbocycles. The summed E-state index contributed by atoms with van der Waals surface area (Å²) in [5, 5.41) is 9.52. The van der Waals surface area contributed by atoms with Gasteiger partial charge in [-0.05, 0) is 38.3 Å². The lowest BCUT2D eigenvalue weighted by Gasteiger charge is -2.39. The lowest BCUT2D eigenvalue weighted by atomic mass is 9.71. The molecule has 2 saturated carbocycles. The van der Waals surface area contributed by atoms with Crippen LogP contribution in [-0.4, -0.2) is 22.3 Å². The van der Waals surface area contributed by atoms with E-state index in [1.54, 1.807) is 6.08 Å². The maximum Gasteiger partial charge on any atom is 0.152 e. The highest BCUT2D eigenvalue weighted by molar-refractivity contribution is 9.09. The standard InChI is InChI=1S/C13H14BrNO2/c1-7(16)3-8-11-10(14)9-4-13(8,6-15)5-12(9,2)17-11/h3,9-11H,4-5H2,1-2H3/t9?,10-,11?,12?,13?/m0/s1. The highest BCUT2D eigenvalue weighted by atomic mass is 79.9. The van der Waals surface area contributed by atoms with Crippen LogP contribution in [0.15, 0.2) is 11.6 Å². The van der Waals surface area contributed by atoms with Crippen LogP contribution in [0.2, 0.25) is 0 Å². The summed E-state index contributed by atoms with van der Waals surface area (Å²) >= 11 is 3.68. The Morgan fingerprint density at radius 3 is 2.94 bits per heavy atom. The number of ether oxygens (including phenoxy) is 1. The van der Waals surface area contributed by atoms with E-state index in [0.717, 1.165) is 18.4 Å². The lowest BCUT2D eigenvalue weighted by Crippen LogP contribution is -2.41. The number of hydrogen-bond acceptors (Lipinski definition) is 3. The molecule has 3 nitrogen and oxygen atoms in total. The highest BCUT2D eigenvalue weighted by Crippen LogP contribution is 2.67. The van der Waals surface area contributed by atoms with Gasteiger partial charge in [-0.15, -0.1) is 0 Å². The van der Waals surface area contributed by atoms with E-state index in [1.165, 1.54) is 6.92 Å². The van der Waals surface area contributed by atoms with E-state index in [9.17, 15) is 10.1 Å². The fourth-order valence-electron chi connectivity index (χ4n) is 3.85. The molecule has 2 aliphatic heterocycles. The Bertz CT molecular complexity index is 480. The van der Waals surface area contributed by atoms with Crippen LogP contribution in [-0.2, 0) is 9.53 Å². The van der Waals surface area contributed by atoms with E-state index in [-0.39, 0.29) is 22.3 Å². The van der Waals surface area contributed by atoms with Gasteiger partial charge in [0, 0.05) is 5.92 Å². The number of allylic oxidation sites excluding steroid dienone is 1. The minimum absolute atomic E-state index is 0.00289. The van der Waals surface area contributed by atoms with Crippen molar-refractivity contribution in [3.63, 3.8) is 0 Å². The first-order valence-electron chi connectivity index (χ1n) is 5.88. The van der Waals surface area contributed by atoms with Gasteiger partial charge in [-0.3, -0.25) is 4.79 Å². The van der Waals surface area contributed by atoms with Crippen molar-refractivity contribution in [1.29, 1.82) is 5.26 Å². The molecule has 5 atom stereocenters. The SMILES string of the molecule is CC(=O)C=C1C2OC3(C)CC1(C#N)CC3[C@@H]2Br. The van der Waals surface area contributed by atoms with Crippen LogP contribution in [0, 0.1) is 22.7 Å². The summed E-state index contributed by atoms with van der Waals surface area (Å²) in [5.74, 6) is 0.383. The van der Waals surface area contributed by atoms with E-state index in [2.05, 4.69) is 28.9 Å². The smallest absolute Gasteiger partial charge is 0.152 e. The number of nitriles is 1. The Kier molecular flexibility index (Phi) is 2.16. The average Bonchev–Trinajstić information content (AvgIpc) is 2.61. The predicted octanol–water partition coefficient (Wildman–Crippen LogP) is 2.36. The van der Waals surface area contributed by atoms with Crippen molar-refractivity contribution in [2.24, 2.45) is 11.3 Å². The number of nitrogens with zero attached hydrogens (tertiary/aromatic N) is 1. The van der Waals surface area contributed by atoms with Crippen molar-refractivity contribution < 1.29 is 9.53 Å². The van der Waals surface area contributed by atoms with Crippen molar-refractivity contribution in [3.8, 4) is 6.07 Å². The average molecular weight is 296 g/mol. The van der Waals surface area contributed by atoms with Crippen LogP contribution in [0.25, 0.3) is 0 Å². The number of carbonyl (C=O) groups excluding carboxylic acids is 1. The van der Waals surface area contributed by atoms with Gasteiger partial charge in [0.15, 0.2) is 5.78 Å². The van der Waals surface area contributed by atoms with Gasteiger partial charge in [-0.25, -0.2) is 0 Å². The monoisotopic (exact) mass is 295 g/mol. The first-order chi connectivity index (χ1) is 7.92. The van der Waals surface area contributed by atoms with E-state index >= 15 is 0 Å². The summed E-state index contributed by atoms with van der Waals surface area (Å²) < 4.78 is 6.07. The first kappa shape index (κ1) is 11.4. The van der Waals surface area contributed by atoms with Gasteiger partial charge in [0.2, 0.25) is 0 Å². The Morgan fingerprint density at radius 2 is 2.41 bits per heavy atom. The molecule has 0 N–H and O–H groups in total. The molecular weight excluding hydrogens is 282 g/mol. The number of alkyl halides is 1. The second-order valence-electron chi connectivity index (χ2n) is 5.69. The van der Waals surface area contributed by atoms with Gasteiger partial charge in [-0.1, -0.05) is 15.9 Å². The molecule has 17 heavy (non-hydrogen) atoms. The normalized spacial score (nSPS) is 53.1. The summed E-state index contributed by atoms with van der Waals surface area (Å²) in [6.45, 7) is 3.62. The van der Waals surface area contributed by atoms with E-state index in [0.29, 0.717) is 5.92 Å². The van der Waals surface area contributed by atoms with Gasteiger partial charge < -0.3 is 4.74 Å². The van der Waals surface area contributed by atoms with Crippen molar-refractivity contribution in [1.82, 2.24) is 0 Å². The van der Waals surface area contributed by atoms with Crippen LogP contribution in [0.5, 0.6) is 0 Å². The summed E-state index contributed by atoms with van der Waals surface area (Å²) in [7, 11) is 0. The van der Waals surface area contributed by atoms with Crippen LogP contribution < -0.4 is 0 Å². The third kappa shape index (κ3) is 1.27. The Labute approximate surface area is 109 Å². The number of ketones is 1. The molecule has 4 aliphatic rings. The van der Waals surface area contributed by atoms with Gasteiger partial charge in [0.1, 0.15) is 0 Å². The van der Waals surface area contributed by atoms with Crippen LogP contribution in [0.3, 0.4) is 0 Å². The Balaban J connectivity index is 2.14. The molecule has 4 bridgehead atoms. The van der Waals surface area contributed by atoms with E-state index in [4.69, 9.17) is 4.74 Å². The number of hydrogen-bond donors (Lipinski definition) is 0. The molecule has 0 aromatic heterocycles. The second-order valence-corrected chi connectivity index (χ2v) is 6.74. The van der Waals surface area contributed by atoms with Gasteiger partial charge >= 0.3 is 0 Å². The topological polar surface area (TPSA) is 50.1 Å². The highest BCUT2D eigenvalue weighted by Gasteiger charge is 2.69. The molecule has 2 heterocycles. The lowest BCUT2D eigenvalue weighted by molar-refractivity contribution is -0.113. The summed E-state index contributed by atoms with van der Waals surface area (Å²) in [6, 6.07) is 2.45. The molecule has 0 spiro atoms. The number of halogens is 1. The summed E-state index contributed by atoms with van der Waals surface area (Å²) in [5.41, 5.74) is 0.238. The maximum atomic E-state index is 11.3. The van der Waals surface area contributed by atoms with Crippen molar-refractivity contribution in [3.05, 3.63) is 11.6 Å². The third-order valence-electron chi connectivity index (χ3n) is 4.51. The Morgan fingerprint density at radius 1 is 1.71 bits per heavy atom. The molecule has 90 valence electrons. The molecule has 4 rings (SSSR count). The van der Waals surface area contributed by atoms with Crippen molar-refractivity contribution in [2.45, 2.75) is 43.2 Å². The van der Waals surface area contributed by atoms with Crippen LogP contribution in [0.4, 0.5) is 0 Å². The molecule has 0 radical (unpaired) electrons. The Hall–Kier alpha value is -0.660. The van der Waals surface area contributed by atoms with Crippen molar-refractivity contribution in [2.75, 3.05) is 0 Å². The second kappa shape index (κ2) is 3.21. The van der Waals surface area contributed by atoms with Crippen molar-refractivity contribution >= 4 is 21.7 Å². The molecule has 0 aromatic carbocycles. The van der Waals surface area contributed by atoms with Gasteiger partial charge in [0.05, 0.1) is 28.0 Å². The minimum Gasteiger partial charge on any atom is -0.366 e. The molecule has 4 heteroatoms. The van der Waals surface area contributed by atoms with Crippen LogP contribution >= 0.6 is 15.9 Å². The summed E-state index contributed by atoms with van der Waals surface area (Å²) in [4.78, 5) is 11.6.